The van der Waals surface area contributed by atoms with E-state index < -0.39 is 5.97 Å². The van der Waals surface area contributed by atoms with Gasteiger partial charge in [0, 0.05) is 0 Å². The van der Waals surface area contributed by atoms with Crippen LogP contribution in [0.5, 0.6) is 5.75 Å². The second kappa shape index (κ2) is 4.94. The van der Waals surface area contributed by atoms with Gasteiger partial charge in [-0.2, -0.15) is 0 Å². The van der Waals surface area contributed by atoms with Crippen LogP contribution in [0, 0.1) is 6.92 Å². The van der Waals surface area contributed by atoms with Gasteiger partial charge in [-0.1, -0.05) is 12.1 Å². The van der Waals surface area contributed by atoms with Gasteiger partial charge in [0.2, 0.25) is 5.89 Å². The van der Waals surface area contributed by atoms with Crippen LogP contribution >= 0.6 is 0 Å². The zero-order valence-electron chi connectivity index (χ0n) is 11.6. The second-order valence-electron chi connectivity index (χ2n) is 4.66. The summed E-state index contributed by atoms with van der Waals surface area (Å²) in [6.07, 6.45) is 0. The van der Waals surface area contributed by atoms with Crippen LogP contribution in [-0.4, -0.2) is 23.2 Å². The summed E-state index contributed by atoms with van der Waals surface area (Å²) in [5, 5.41) is 10.1. The molecule has 5 nitrogen and oxygen atoms in total. The number of ether oxygens (including phenoxy) is 1. The number of aromatic hydroxyl groups is 1. The number of benzene rings is 2. The van der Waals surface area contributed by atoms with Crippen molar-refractivity contribution in [1.29, 1.82) is 0 Å². The first-order valence-electron chi connectivity index (χ1n) is 6.38. The van der Waals surface area contributed by atoms with E-state index in [-0.39, 0.29) is 5.75 Å². The Morgan fingerprint density at radius 3 is 2.86 bits per heavy atom. The van der Waals surface area contributed by atoms with Crippen molar-refractivity contribution >= 4 is 17.1 Å². The molecular formula is C16H13NO4. The van der Waals surface area contributed by atoms with Crippen LogP contribution in [-0.2, 0) is 4.74 Å². The first kappa shape index (κ1) is 13.2. The molecule has 1 N–H and O–H groups in total. The molecule has 0 spiro atoms. The average Bonchev–Trinajstić information content (AvgIpc) is 2.91. The lowest BCUT2D eigenvalue weighted by molar-refractivity contribution is 0.0601. The lowest BCUT2D eigenvalue weighted by Gasteiger charge is -2.02. The van der Waals surface area contributed by atoms with E-state index in [1.54, 1.807) is 37.3 Å². The van der Waals surface area contributed by atoms with Crippen LogP contribution < -0.4 is 0 Å². The Kier molecular flexibility index (Phi) is 3.10. The van der Waals surface area contributed by atoms with Gasteiger partial charge in [0.05, 0.1) is 18.2 Å². The van der Waals surface area contributed by atoms with Gasteiger partial charge in [-0.3, -0.25) is 0 Å². The fourth-order valence-electron chi connectivity index (χ4n) is 2.12. The number of aromatic nitrogens is 1. The average molecular weight is 283 g/mol. The number of hydrogen-bond acceptors (Lipinski definition) is 5. The summed E-state index contributed by atoms with van der Waals surface area (Å²) in [7, 11) is 1.32. The third kappa shape index (κ3) is 2.23. The number of carbonyl (C=O) groups excluding carboxylic acids is 1. The first-order chi connectivity index (χ1) is 10.1. The van der Waals surface area contributed by atoms with E-state index >= 15 is 0 Å². The summed E-state index contributed by atoms with van der Waals surface area (Å²) in [6, 6.07) is 10.2. The van der Waals surface area contributed by atoms with Crippen LogP contribution in [0.2, 0.25) is 0 Å². The Morgan fingerprint density at radius 1 is 1.29 bits per heavy atom. The fraction of sp³-hybridized carbons (Fsp3) is 0.125. The monoisotopic (exact) mass is 283 g/mol. The van der Waals surface area contributed by atoms with Crippen molar-refractivity contribution in [2.75, 3.05) is 7.11 Å². The maximum atomic E-state index is 11.5. The van der Waals surface area contributed by atoms with E-state index in [0.717, 1.165) is 5.56 Å². The third-order valence-electron chi connectivity index (χ3n) is 3.28. The molecule has 0 bridgehead atoms. The number of oxazole rings is 1. The van der Waals surface area contributed by atoms with Gasteiger partial charge in [-0.15, -0.1) is 0 Å². The van der Waals surface area contributed by atoms with Crippen molar-refractivity contribution < 1.29 is 19.1 Å². The highest BCUT2D eigenvalue weighted by molar-refractivity contribution is 5.93. The molecule has 0 amide bonds. The SMILES string of the molecule is COC(=O)c1ccc2nc(-c3cccc(C)c3O)oc2c1. The number of phenolic OH excluding ortho intramolecular Hbond substituents is 1. The van der Waals surface area contributed by atoms with E-state index in [2.05, 4.69) is 9.72 Å². The minimum absolute atomic E-state index is 0.136. The predicted molar refractivity (Wildman–Crippen MR) is 77.2 cm³/mol. The van der Waals surface area contributed by atoms with Crippen LogP contribution in [0.1, 0.15) is 15.9 Å². The zero-order valence-corrected chi connectivity index (χ0v) is 11.6. The lowest BCUT2D eigenvalue weighted by atomic mass is 10.1. The van der Waals surface area contributed by atoms with Gasteiger partial charge < -0.3 is 14.3 Å². The highest BCUT2D eigenvalue weighted by Crippen LogP contribution is 2.33. The van der Waals surface area contributed by atoms with Crippen LogP contribution in [0.4, 0.5) is 0 Å². The molecule has 0 aliphatic rings. The Hall–Kier alpha value is -2.82. The molecule has 0 fully saturated rings. The Labute approximate surface area is 120 Å². The highest BCUT2D eigenvalue weighted by Gasteiger charge is 2.15. The number of aryl methyl sites for hydroxylation is 1. The Balaban J connectivity index is 2.13. The molecule has 0 unspecified atom stereocenters. The number of esters is 1. The van der Waals surface area contributed by atoms with Gasteiger partial charge in [0.1, 0.15) is 11.3 Å². The topological polar surface area (TPSA) is 72.6 Å². The van der Waals surface area contributed by atoms with E-state index in [4.69, 9.17) is 4.42 Å². The van der Waals surface area contributed by atoms with Crippen LogP contribution in [0.15, 0.2) is 40.8 Å². The van der Waals surface area contributed by atoms with E-state index in [1.165, 1.54) is 7.11 Å². The maximum Gasteiger partial charge on any atom is 0.337 e. The largest absolute Gasteiger partial charge is 0.507 e. The Bertz CT molecular complexity index is 835. The third-order valence-corrected chi connectivity index (χ3v) is 3.28. The van der Waals surface area contributed by atoms with Crippen molar-refractivity contribution in [3.8, 4) is 17.2 Å². The van der Waals surface area contributed by atoms with Gasteiger partial charge in [-0.05, 0) is 36.8 Å². The van der Waals surface area contributed by atoms with Crippen molar-refractivity contribution in [3.63, 3.8) is 0 Å². The molecule has 106 valence electrons. The molecule has 5 heteroatoms. The summed E-state index contributed by atoms with van der Waals surface area (Å²) in [5.74, 6) is 0.0127. The second-order valence-corrected chi connectivity index (χ2v) is 4.66. The van der Waals surface area contributed by atoms with Crippen LogP contribution in [0.3, 0.4) is 0 Å². The number of nitrogens with zero attached hydrogens (tertiary/aromatic N) is 1. The minimum Gasteiger partial charge on any atom is -0.507 e. The molecule has 3 rings (SSSR count). The molecule has 2 aromatic carbocycles. The molecule has 1 heterocycles. The zero-order chi connectivity index (χ0) is 15.0. The van der Waals surface area contributed by atoms with Crippen molar-refractivity contribution in [2.45, 2.75) is 6.92 Å². The number of phenols is 1. The molecule has 0 aliphatic heterocycles. The minimum atomic E-state index is -0.437. The van der Waals surface area contributed by atoms with Gasteiger partial charge >= 0.3 is 5.97 Å². The molecule has 0 aliphatic carbocycles. The first-order valence-corrected chi connectivity index (χ1v) is 6.38. The van der Waals surface area contributed by atoms with E-state index in [9.17, 15) is 9.90 Å². The molecule has 21 heavy (non-hydrogen) atoms. The highest BCUT2D eigenvalue weighted by atomic mass is 16.5. The number of methoxy groups -OCH3 is 1. The molecule has 0 radical (unpaired) electrons. The number of rotatable bonds is 2. The number of hydrogen-bond donors (Lipinski definition) is 1. The Morgan fingerprint density at radius 2 is 2.10 bits per heavy atom. The molecule has 3 aromatic rings. The summed E-state index contributed by atoms with van der Waals surface area (Å²) >= 11 is 0. The molecule has 0 saturated heterocycles. The number of fused-ring (bicyclic) bond motifs is 1. The quantitative estimate of drug-likeness (QED) is 0.730. The fourth-order valence-corrected chi connectivity index (χ4v) is 2.12. The summed E-state index contributed by atoms with van der Waals surface area (Å²) in [6.45, 7) is 1.80. The maximum absolute atomic E-state index is 11.5. The summed E-state index contributed by atoms with van der Waals surface area (Å²) in [5.41, 5.74) is 2.73. The normalized spacial score (nSPS) is 10.8. The summed E-state index contributed by atoms with van der Waals surface area (Å²) < 4.78 is 10.3. The number of carbonyl (C=O) groups is 1. The molecule has 0 atom stereocenters. The smallest absolute Gasteiger partial charge is 0.337 e. The lowest BCUT2D eigenvalue weighted by Crippen LogP contribution is -2.00. The van der Waals surface area contributed by atoms with Gasteiger partial charge in [0.15, 0.2) is 5.58 Å². The van der Waals surface area contributed by atoms with Crippen molar-refractivity contribution in [1.82, 2.24) is 4.98 Å². The summed E-state index contributed by atoms with van der Waals surface area (Å²) in [4.78, 5) is 15.8. The standard InChI is InChI=1S/C16H13NO4/c1-9-4-3-5-11(14(9)18)15-17-12-7-6-10(16(19)20-2)8-13(12)21-15/h3-8,18H,1-2H3. The molecule has 1 aromatic heterocycles. The number of para-hydroxylation sites is 1. The van der Waals surface area contributed by atoms with Gasteiger partial charge in [-0.25, -0.2) is 9.78 Å². The van der Waals surface area contributed by atoms with Crippen molar-refractivity contribution in [3.05, 3.63) is 47.5 Å². The molecular weight excluding hydrogens is 270 g/mol. The van der Waals surface area contributed by atoms with E-state index in [1.807, 2.05) is 6.07 Å². The predicted octanol–water partition coefficient (Wildman–Crippen LogP) is 3.30. The van der Waals surface area contributed by atoms with E-state index in [0.29, 0.717) is 28.1 Å². The van der Waals surface area contributed by atoms with Crippen LogP contribution in [0.25, 0.3) is 22.6 Å². The molecule has 0 saturated carbocycles. The van der Waals surface area contributed by atoms with Crippen molar-refractivity contribution in [2.24, 2.45) is 0 Å². The van der Waals surface area contributed by atoms with Gasteiger partial charge in [0.25, 0.3) is 0 Å².